The van der Waals surface area contributed by atoms with Gasteiger partial charge in [0.25, 0.3) is 5.91 Å². The Balaban J connectivity index is 1.54. The highest BCUT2D eigenvalue weighted by Gasteiger charge is 2.34. The number of furan rings is 1. The van der Waals surface area contributed by atoms with Crippen LogP contribution in [0.25, 0.3) is 11.0 Å². The van der Waals surface area contributed by atoms with Crippen molar-refractivity contribution in [1.82, 2.24) is 19.9 Å². The lowest BCUT2D eigenvalue weighted by Gasteiger charge is -2.44. The SMILES string of the molecule is C[C@@H]1CN(C(=O)c2cc3c(Cl)nccc3o2)C[C@H](C)N1c1ccnc(CCO)n1. The minimum atomic E-state index is -0.167. The first-order valence-electron chi connectivity index (χ1n) is 9.52. The Kier molecular flexibility index (Phi) is 5.38. The second-order valence-electron chi connectivity index (χ2n) is 7.24. The maximum absolute atomic E-state index is 13.1. The van der Waals surface area contributed by atoms with Gasteiger partial charge in [0.05, 0.1) is 12.0 Å². The normalized spacial score (nSPS) is 19.7. The zero-order chi connectivity index (χ0) is 20.5. The van der Waals surface area contributed by atoms with E-state index in [2.05, 4.69) is 33.7 Å². The molecule has 1 aliphatic heterocycles. The molecule has 4 heterocycles. The third-order valence-corrected chi connectivity index (χ3v) is 5.41. The lowest BCUT2D eigenvalue weighted by molar-refractivity contribution is 0.0670. The zero-order valence-corrected chi connectivity index (χ0v) is 17.0. The number of halogens is 1. The summed E-state index contributed by atoms with van der Waals surface area (Å²) in [5.41, 5.74) is 0.547. The summed E-state index contributed by atoms with van der Waals surface area (Å²) in [6, 6.07) is 5.31. The number of carbonyl (C=O) groups excluding carboxylic acids is 1. The Morgan fingerprint density at radius 2 is 1.97 bits per heavy atom. The first kappa shape index (κ1) is 19.6. The highest BCUT2D eigenvalue weighted by molar-refractivity contribution is 6.34. The van der Waals surface area contributed by atoms with Gasteiger partial charge in [-0.2, -0.15) is 0 Å². The number of aromatic nitrogens is 3. The van der Waals surface area contributed by atoms with E-state index in [4.69, 9.17) is 21.1 Å². The molecule has 0 aliphatic carbocycles. The molecule has 1 fully saturated rings. The molecule has 9 heteroatoms. The van der Waals surface area contributed by atoms with Gasteiger partial charge >= 0.3 is 0 Å². The summed E-state index contributed by atoms with van der Waals surface area (Å²) in [6.45, 7) is 5.19. The van der Waals surface area contributed by atoms with Gasteiger partial charge in [-0.15, -0.1) is 0 Å². The van der Waals surface area contributed by atoms with Crippen LogP contribution in [0.15, 0.2) is 35.0 Å². The number of nitrogens with zero attached hydrogens (tertiary/aromatic N) is 5. The maximum atomic E-state index is 13.1. The quantitative estimate of drug-likeness (QED) is 0.654. The molecule has 0 unspecified atom stereocenters. The van der Waals surface area contributed by atoms with Crippen LogP contribution in [0.2, 0.25) is 5.15 Å². The highest BCUT2D eigenvalue weighted by atomic mass is 35.5. The Labute approximate surface area is 173 Å². The van der Waals surface area contributed by atoms with E-state index >= 15 is 0 Å². The number of pyridine rings is 1. The Morgan fingerprint density at radius 1 is 1.24 bits per heavy atom. The third kappa shape index (κ3) is 3.77. The number of anilines is 1. The Bertz CT molecular complexity index is 1030. The molecule has 3 aromatic rings. The van der Waals surface area contributed by atoms with Crippen molar-refractivity contribution in [2.75, 3.05) is 24.6 Å². The van der Waals surface area contributed by atoms with Gasteiger partial charge in [-0.25, -0.2) is 15.0 Å². The van der Waals surface area contributed by atoms with Gasteiger partial charge in [0, 0.05) is 50.1 Å². The fourth-order valence-electron chi connectivity index (χ4n) is 3.88. The molecule has 3 aromatic heterocycles. The average Bonchev–Trinajstić information content (AvgIpc) is 3.13. The van der Waals surface area contributed by atoms with E-state index in [0.717, 1.165) is 5.82 Å². The predicted octanol–water partition coefficient (Wildman–Crippen LogP) is 2.55. The number of rotatable bonds is 4. The van der Waals surface area contributed by atoms with E-state index in [1.54, 1.807) is 29.4 Å². The van der Waals surface area contributed by atoms with Crippen molar-refractivity contribution in [3.8, 4) is 0 Å². The van der Waals surface area contributed by atoms with Crippen LogP contribution in [-0.4, -0.2) is 62.6 Å². The van der Waals surface area contributed by atoms with E-state index in [-0.39, 0.29) is 30.4 Å². The van der Waals surface area contributed by atoms with E-state index < -0.39 is 0 Å². The summed E-state index contributed by atoms with van der Waals surface area (Å²) >= 11 is 6.10. The molecule has 1 amide bonds. The minimum absolute atomic E-state index is 0.00781. The second-order valence-corrected chi connectivity index (χ2v) is 7.60. The van der Waals surface area contributed by atoms with Gasteiger partial charge in [-0.3, -0.25) is 4.79 Å². The number of piperazine rings is 1. The lowest BCUT2D eigenvalue weighted by atomic mass is 10.1. The van der Waals surface area contributed by atoms with Gasteiger partial charge in [0.15, 0.2) is 5.76 Å². The smallest absolute Gasteiger partial charge is 0.289 e. The topological polar surface area (TPSA) is 95.6 Å². The molecule has 152 valence electrons. The fourth-order valence-corrected chi connectivity index (χ4v) is 4.09. The molecule has 4 rings (SSSR count). The van der Waals surface area contributed by atoms with Crippen LogP contribution in [0.1, 0.15) is 30.2 Å². The lowest BCUT2D eigenvalue weighted by Crippen LogP contribution is -2.58. The van der Waals surface area contributed by atoms with Crippen molar-refractivity contribution in [1.29, 1.82) is 0 Å². The van der Waals surface area contributed by atoms with Crippen LogP contribution < -0.4 is 4.90 Å². The molecule has 0 bridgehead atoms. The zero-order valence-electron chi connectivity index (χ0n) is 16.2. The highest BCUT2D eigenvalue weighted by Crippen LogP contribution is 2.28. The molecule has 1 aliphatic rings. The second kappa shape index (κ2) is 7.96. The number of fused-ring (bicyclic) bond motifs is 1. The maximum Gasteiger partial charge on any atom is 0.289 e. The van der Waals surface area contributed by atoms with Crippen LogP contribution >= 0.6 is 11.6 Å². The molecule has 8 nitrogen and oxygen atoms in total. The summed E-state index contributed by atoms with van der Waals surface area (Å²) in [5.74, 6) is 1.50. The number of aliphatic hydroxyl groups is 1. The van der Waals surface area contributed by atoms with Crippen molar-refractivity contribution in [3.05, 3.63) is 47.3 Å². The molecular weight excluding hydrogens is 394 g/mol. The van der Waals surface area contributed by atoms with Gasteiger partial charge in [-0.05, 0) is 26.0 Å². The molecule has 0 saturated carbocycles. The molecular formula is C20H22ClN5O3. The molecule has 2 atom stereocenters. The van der Waals surface area contributed by atoms with E-state index in [9.17, 15) is 4.79 Å². The van der Waals surface area contributed by atoms with Crippen LogP contribution in [0.3, 0.4) is 0 Å². The molecule has 29 heavy (non-hydrogen) atoms. The Morgan fingerprint density at radius 3 is 2.66 bits per heavy atom. The number of hydrogen-bond donors (Lipinski definition) is 1. The molecule has 1 N–H and O–H groups in total. The molecule has 0 aromatic carbocycles. The third-order valence-electron chi connectivity index (χ3n) is 5.10. The summed E-state index contributed by atoms with van der Waals surface area (Å²) in [6.07, 6.45) is 3.67. The molecule has 1 saturated heterocycles. The summed E-state index contributed by atoms with van der Waals surface area (Å²) < 4.78 is 5.71. The first-order chi connectivity index (χ1) is 14.0. The van der Waals surface area contributed by atoms with Gasteiger partial charge in [0.1, 0.15) is 22.4 Å². The van der Waals surface area contributed by atoms with Gasteiger partial charge in [-0.1, -0.05) is 11.6 Å². The van der Waals surface area contributed by atoms with Crippen molar-refractivity contribution >= 4 is 34.3 Å². The molecule has 0 radical (unpaired) electrons. The Hall–Kier alpha value is -2.71. The van der Waals surface area contributed by atoms with Crippen molar-refractivity contribution in [2.24, 2.45) is 0 Å². The van der Waals surface area contributed by atoms with Crippen molar-refractivity contribution in [2.45, 2.75) is 32.4 Å². The average molecular weight is 416 g/mol. The number of aliphatic hydroxyl groups excluding tert-OH is 1. The van der Waals surface area contributed by atoms with E-state index in [0.29, 0.717) is 41.5 Å². The summed E-state index contributed by atoms with van der Waals surface area (Å²) in [5, 5.41) is 10.1. The fraction of sp³-hybridized carbons (Fsp3) is 0.400. The van der Waals surface area contributed by atoms with Crippen molar-refractivity contribution in [3.63, 3.8) is 0 Å². The summed E-state index contributed by atoms with van der Waals surface area (Å²) in [7, 11) is 0. The van der Waals surface area contributed by atoms with E-state index in [1.165, 1.54) is 0 Å². The van der Waals surface area contributed by atoms with Crippen LogP contribution in [0.5, 0.6) is 0 Å². The van der Waals surface area contributed by atoms with E-state index in [1.807, 2.05) is 6.07 Å². The standard InChI is InChI=1S/C20H22ClN5O3/c1-12-10-25(20(28)16-9-14-15(29-16)3-6-23-19(14)21)11-13(2)26(12)18-4-7-22-17(24-18)5-8-27/h3-4,6-7,9,12-13,27H,5,8,10-11H2,1-2H3/t12-,13+. The predicted molar refractivity (Wildman–Crippen MR) is 109 cm³/mol. The van der Waals surface area contributed by atoms with Crippen LogP contribution in [-0.2, 0) is 6.42 Å². The first-order valence-corrected chi connectivity index (χ1v) is 9.90. The van der Waals surface area contributed by atoms with Crippen LogP contribution in [0, 0.1) is 0 Å². The van der Waals surface area contributed by atoms with Gasteiger partial charge in [0.2, 0.25) is 0 Å². The van der Waals surface area contributed by atoms with Crippen molar-refractivity contribution < 1.29 is 14.3 Å². The molecule has 0 spiro atoms. The van der Waals surface area contributed by atoms with Crippen LogP contribution in [0.4, 0.5) is 5.82 Å². The minimum Gasteiger partial charge on any atom is -0.451 e. The number of hydrogen-bond acceptors (Lipinski definition) is 7. The number of amides is 1. The monoisotopic (exact) mass is 415 g/mol. The summed E-state index contributed by atoms with van der Waals surface area (Å²) in [4.78, 5) is 29.8. The van der Waals surface area contributed by atoms with Gasteiger partial charge < -0.3 is 19.3 Å². The number of carbonyl (C=O) groups is 1. The largest absolute Gasteiger partial charge is 0.451 e.